The molecule has 8 aromatic carbocycles. The zero-order chi connectivity index (χ0) is 34.2. The maximum absolute atomic E-state index is 5.42. The molecule has 0 spiro atoms. The Morgan fingerprint density at radius 2 is 0.923 bits per heavy atom. The highest BCUT2D eigenvalue weighted by Gasteiger charge is 2.23. The van der Waals surface area contributed by atoms with E-state index in [1.54, 1.807) is 0 Å². The van der Waals surface area contributed by atoms with Crippen LogP contribution in [0.25, 0.3) is 99.3 Å². The smallest absolute Gasteiger partial charge is 0.165 e. The molecule has 0 bridgehead atoms. The zero-order valence-corrected chi connectivity index (χ0v) is 28.1. The van der Waals surface area contributed by atoms with Gasteiger partial charge in [0.15, 0.2) is 5.82 Å². The van der Waals surface area contributed by atoms with E-state index in [2.05, 4.69) is 173 Å². The van der Waals surface area contributed by atoms with Crippen molar-refractivity contribution in [2.45, 2.75) is 0 Å². The summed E-state index contributed by atoms with van der Waals surface area (Å²) in [6, 6.07) is 64.8. The molecule has 3 aromatic heterocycles. The van der Waals surface area contributed by atoms with E-state index >= 15 is 0 Å². The summed E-state index contributed by atoms with van der Waals surface area (Å²) in [5.74, 6) is 0.812. The van der Waals surface area contributed by atoms with Crippen LogP contribution in [-0.4, -0.2) is 19.1 Å². The van der Waals surface area contributed by atoms with Gasteiger partial charge in [-0.2, -0.15) is 0 Å². The summed E-state index contributed by atoms with van der Waals surface area (Å²) in [6.07, 6.45) is 0. The second-order valence-electron chi connectivity index (χ2n) is 13.4. The van der Waals surface area contributed by atoms with Crippen molar-refractivity contribution in [3.8, 4) is 33.9 Å². The predicted molar refractivity (Wildman–Crippen MR) is 217 cm³/mol. The van der Waals surface area contributed by atoms with E-state index in [4.69, 9.17) is 9.97 Å². The van der Waals surface area contributed by atoms with E-state index in [1.165, 1.54) is 37.9 Å². The van der Waals surface area contributed by atoms with Crippen molar-refractivity contribution >= 4 is 65.4 Å². The first-order chi connectivity index (χ1) is 25.8. The normalized spacial score (nSPS) is 11.8. The third kappa shape index (κ3) is 4.28. The Labute approximate surface area is 299 Å². The number of aromatic nitrogens is 4. The fraction of sp³-hybridized carbons (Fsp3) is 0. The Balaban J connectivity index is 1.21. The molecule has 0 unspecified atom stereocenters. The molecule has 11 aromatic rings. The first-order valence-electron chi connectivity index (χ1n) is 17.7. The molecule has 0 aliphatic heterocycles. The number of hydrogen-bond donors (Lipinski definition) is 0. The van der Waals surface area contributed by atoms with Crippen LogP contribution in [0, 0.1) is 0 Å². The number of fused-ring (bicyclic) bond motifs is 4. The van der Waals surface area contributed by atoms with Gasteiger partial charge in [-0.15, -0.1) is 0 Å². The fourth-order valence-corrected chi connectivity index (χ4v) is 8.14. The van der Waals surface area contributed by atoms with E-state index < -0.39 is 0 Å². The molecule has 11 rings (SSSR count). The van der Waals surface area contributed by atoms with Gasteiger partial charge >= 0.3 is 0 Å². The van der Waals surface area contributed by atoms with Crippen LogP contribution in [0.15, 0.2) is 182 Å². The van der Waals surface area contributed by atoms with Crippen LogP contribution >= 0.6 is 0 Å². The summed E-state index contributed by atoms with van der Waals surface area (Å²) in [5, 5.41) is 7.29. The van der Waals surface area contributed by atoms with Gasteiger partial charge in [0, 0.05) is 27.4 Å². The van der Waals surface area contributed by atoms with Crippen LogP contribution < -0.4 is 0 Å². The average Bonchev–Trinajstić information content (AvgIpc) is 3.49. The van der Waals surface area contributed by atoms with Gasteiger partial charge in [0.05, 0.1) is 33.1 Å². The Bertz CT molecular complexity index is 3170. The number of para-hydroxylation sites is 4. The summed E-state index contributed by atoms with van der Waals surface area (Å²) in [7, 11) is 0. The summed E-state index contributed by atoms with van der Waals surface area (Å²) in [5.41, 5.74) is 11.6. The molecule has 0 saturated heterocycles. The summed E-state index contributed by atoms with van der Waals surface area (Å²) in [6.45, 7) is 0. The van der Waals surface area contributed by atoms with Crippen LogP contribution in [0.5, 0.6) is 0 Å². The molecule has 0 aliphatic carbocycles. The van der Waals surface area contributed by atoms with Crippen LogP contribution in [0.4, 0.5) is 0 Å². The molecule has 52 heavy (non-hydrogen) atoms. The van der Waals surface area contributed by atoms with Gasteiger partial charge in [0.25, 0.3) is 0 Å². The van der Waals surface area contributed by atoms with Gasteiger partial charge in [0.2, 0.25) is 0 Å². The first kappa shape index (κ1) is 28.8. The van der Waals surface area contributed by atoms with Crippen molar-refractivity contribution < 1.29 is 0 Å². The minimum Gasteiger partial charge on any atom is -0.309 e. The molecule has 4 heteroatoms. The lowest BCUT2D eigenvalue weighted by atomic mass is 9.99. The molecule has 0 atom stereocenters. The molecular formula is C48H30N4. The molecule has 3 heterocycles. The zero-order valence-electron chi connectivity index (χ0n) is 28.1. The molecule has 0 aliphatic rings. The van der Waals surface area contributed by atoms with Crippen LogP contribution in [-0.2, 0) is 0 Å². The maximum atomic E-state index is 5.42. The van der Waals surface area contributed by atoms with Crippen LogP contribution in [0.1, 0.15) is 0 Å². The van der Waals surface area contributed by atoms with Crippen molar-refractivity contribution in [3.63, 3.8) is 0 Å². The lowest BCUT2D eigenvalue weighted by Gasteiger charge is -2.15. The van der Waals surface area contributed by atoms with Crippen molar-refractivity contribution in [3.05, 3.63) is 182 Å². The predicted octanol–water partition coefficient (Wildman–Crippen LogP) is 12.3. The van der Waals surface area contributed by atoms with E-state index in [0.29, 0.717) is 0 Å². The Morgan fingerprint density at radius 3 is 1.75 bits per heavy atom. The van der Waals surface area contributed by atoms with Crippen molar-refractivity contribution in [2.24, 2.45) is 0 Å². The maximum Gasteiger partial charge on any atom is 0.165 e. The minimum atomic E-state index is 0.812. The summed E-state index contributed by atoms with van der Waals surface area (Å²) in [4.78, 5) is 10.8. The van der Waals surface area contributed by atoms with Gasteiger partial charge < -0.3 is 4.57 Å². The molecule has 0 amide bonds. The molecule has 242 valence electrons. The molecule has 4 nitrogen and oxygen atoms in total. The number of nitrogens with zero attached hydrogens (tertiary/aromatic N) is 4. The minimum absolute atomic E-state index is 0.812. The number of hydrogen-bond acceptors (Lipinski definition) is 2. The lowest BCUT2D eigenvalue weighted by Crippen LogP contribution is -2.04. The van der Waals surface area contributed by atoms with Gasteiger partial charge in [-0.05, 0) is 81.9 Å². The van der Waals surface area contributed by atoms with Gasteiger partial charge in [-0.25, -0.2) is 9.97 Å². The second-order valence-corrected chi connectivity index (χ2v) is 13.4. The largest absolute Gasteiger partial charge is 0.309 e. The third-order valence-corrected chi connectivity index (χ3v) is 10.5. The molecule has 0 N–H and O–H groups in total. The monoisotopic (exact) mass is 662 g/mol. The molecule has 0 saturated carbocycles. The van der Waals surface area contributed by atoms with Crippen LogP contribution in [0.2, 0.25) is 0 Å². The highest BCUT2D eigenvalue weighted by atomic mass is 15.1. The second kappa shape index (κ2) is 11.2. The van der Waals surface area contributed by atoms with Crippen molar-refractivity contribution in [2.75, 3.05) is 0 Å². The van der Waals surface area contributed by atoms with E-state index in [-0.39, 0.29) is 0 Å². The van der Waals surface area contributed by atoms with E-state index in [9.17, 15) is 0 Å². The van der Waals surface area contributed by atoms with Gasteiger partial charge in [-0.1, -0.05) is 127 Å². The third-order valence-electron chi connectivity index (χ3n) is 10.5. The van der Waals surface area contributed by atoms with E-state index in [0.717, 1.165) is 61.4 Å². The number of benzene rings is 8. The van der Waals surface area contributed by atoms with Gasteiger partial charge in [0.1, 0.15) is 5.69 Å². The molecular weight excluding hydrogens is 633 g/mol. The summed E-state index contributed by atoms with van der Waals surface area (Å²) < 4.78 is 4.74. The standard InChI is InChI=1S/C48H30N4/c1-2-14-36(15-3-1)51-41-20-9-6-16-37(41)38-17-10-21-42-45(38)46-43(51)22-11-23-44(46)52(42)48-47(49-39-18-7-8-19-40(39)50-48)33-27-24-32(25-28-33)35-29-26-31-12-4-5-13-34(31)30-35/h1-30H. The topological polar surface area (TPSA) is 35.6 Å². The quantitative estimate of drug-likeness (QED) is 0.188. The van der Waals surface area contributed by atoms with E-state index in [1.807, 2.05) is 18.2 Å². The van der Waals surface area contributed by atoms with Crippen molar-refractivity contribution in [1.82, 2.24) is 19.1 Å². The Morgan fingerprint density at radius 1 is 0.346 bits per heavy atom. The highest BCUT2D eigenvalue weighted by Crippen LogP contribution is 2.43. The SMILES string of the molecule is c1ccc(-n2c3ccccc3c3cccc4c3c3c2cccc3n4-c2nc3ccccc3nc2-c2ccc(-c3ccc4ccccc4c3)cc2)cc1. The molecule has 0 fully saturated rings. The van der Waals surface area contributed by atoms with Gasteiger partial charge in [-0.3, -0.25) is 4.57 Å². The fourth-order valence-electron chi connectivity index (χ4n) is 8.14. The lowest BCUT2D eigenvalue weighted by molar-refractivity contribution is 1.08. The number of rotatable bonds is 4. The Kier molecular flexibility index (Phi) is 6.22. The summed E-state index contributed by atoms with van der Waals surface area (Å²) >= 11 is 0. The Hall–Kier alpha value is -7.04. The highest BCUT2D eigenvalue weighted by molar-refractivity contribution is 6.28. The molecule has 0 radical (unpaired) electrons. The van der Waals surface area contributed by atoms with Crippen LogP contribution in [0.3, 0.4) is 0 Å². The van der Waals surface area contributed by atoms with Crippen molar-refractivity contribution in [1.29, 1.82) is 0 Å². The first-order valence-corrected chi connectivity index (χ1v) is 17.7. The average molecular weight is 663 g/mol.